The van der Waals surface area contributed by atoms with Crippen molar-refractivity contribution < 1.29 is 24.2 Å². The highest BCUT2D eigenvalue weighted by Gasteiger charge is 2.32. The molecule has 6 nitrogen and oxygen atoms in total. The standard InChI is InChI=1S/C17H12ClNO5/c18-10-6-5-9-7-14(24-17(23)12(9)8-10)15(20)19-13-4-2-1-3-11(13)16(21)22/h1-6,8,14H,7H2,(H,19,20)(H,21,22)/t14-/m0/s1. The molecule has 0 spiro atoms. The number of hydrogen-bond acceptors (Lipinski definition) is 4. The van der Waals surface area contributed by atoms with Gasteiger partial charge in [0.15, 0.2) is 6.10 Å². The third kappa shape index (κ3) is 3.09. The minimum Gasteiger partial charge on any atom is -0.478 e. The van der Waals surface area contributed by atoms with Crippen LogP contribution in [0.3, 0.4) is 0 Å². The second kappa shape index (κ2) is 6.33. The lowest BCUT2D eigenvalue weighted by atomic mass is 9.98. The number of nitrogens with one attached hydrogen (secondary N) is 1. The highest BCUT2D eigenvalue weighted by Crippen LogP contribution is 2.25. The number of aromatic carboxylic acids is 1. The molecule has 0 radical (unpaired) electrons. The first-order valence-corrected chi connectivity index (χ1v) is 7.46. The third-order valence-corrected chi connectivity index (χ3v) is 3.89. The molecule has 2 aromatic rings. The maximum atomic E-state index is 12.4. The van der Waals surface area contributed by atoms with E-state index in [2.05, 4.69) is 5.32 Å². The Hall–Kier alpha value is -2.86. The van der Waals surface area contributed by atoms with Crippen LogP contribution in [0, 0.1) is 0 Å². The van der Waals surface area contributed by atoms with Gasteiger partial charge in [0.25, 0.3) is 5.91 Å². The summed E-state index contributed by atoms with van der Waals surface area (Å²) in [5, 5.41) is 12.0. The smallest absolute Gasteiger partial charge is 0.339 e. The normalized spacial score (nSPS) is 16.0. The van der Waals surface area contributed by atoms with Crippen LogP contribution in [0.15, 0.2) is 42.5 Å². The molecule has 0 unspecified atom stereocenters. The van der Waals surface area contributed by atoms with Gasteiger partial charge < -0.3 is 15.2 Å². The number of carbonyl (C=O) groups excluding carboxylic acids is 2. The van der Waals surface area contributed by atoms with E-state index >= 15 is 0 Å². The molecule has 1 atom stereocenters. The van der Waals surface area contributed by atoms with E-state index in [9.17, 15) is 14.4 Å². The number of hydrogen-bond donors (Lipinski definition) is 2. The molecule has 0 bridgehead atoms. The first kappa shape index (κ1) is 16.0. The van der Waals surface area contributed by atoms with Crippen molar-refractivity contribution in [2.24, 2.45) is 0 Å². The van der Waals surface area contributed by atoms with Crippen LogP contribution in [-0.2, 0) is 16.0 Å². The molecule has 1 heterocycles. The van der Waals surface area contributed by atoms with Gasteiger partial charge in [-0.25, -0.2) is 9.59 Å². The van der Waals surface area contributed by atoms with Crippen LogP contribution >= 0.6 is 11.6 Å². The van der Waals surface area contributed by atoms with Gasteiger partial charge in [-0.3, -0.25) is 4.79 Å². The molecule has 2 N–H and O–H groups in total. The van der Waals surface area contributed by atoms with Gasteiger partial charge in [-0.2, -0.15) is 0 Å². The summed E-state index contributed by atoms with van der Waals surface area (Å²) in [6.45, 7) is 0. The molecule has 122 valence electrons. The number of carbonyl (C=O) groups is 3. The van der Waals surface area contributed by atoms with E-state index in [1.165, 1.54) is 18.2 Å². The Morgan fingerprint density at radius 1 is 1.21 bits per heavy atom. The lowest BCUT2D eigenvalue weighted by molar-refractivity contribution is -0.125. The van der Waals surface area contributed by atoms with Crippen molar-refractivity contribution in [3.05, 3.63) is 64.2 Å². The summed E-state index contributed by atoms with van der Waals surface area (Å²) < 4.78 is 5.15. The molecule has 2 aromatic carbocycles. The number of halogens is 1. The number of esters is 1. The fourth-order valence-corrected chi connectivity index (χ4v) is 2.66. The molecular formula is C17H12ClNO5. The van der Waals surface area contributed by atoms with Crippen LogP contribution in [0.5, 0.6) is 0 Å². The predicted octanol–water partition coefficient (Wildman–Crippen LogP) is 2.76. The first-order valence-electron chi connectivity index (χ1n) is 7.08. The number of carboxylic acids is 1. The molecule has 1 aliphatic heterocycles. The van der Waals surface area contributed by atoms with E-state index in [1.807, 2.05) is 0 Å². The van der Waals surface area contributed by atoms with Gasteiger partial charge in [0.1, 0.15) is 0 Å². The summed E-state index contributed by atoms with van der Waals surface area (Å²) in [5.74, 6) is -2.38. The summed E-state index contributed by atoms with van der Waals surface area (Å²) in [6.07, 6.45) is -0.840. The number of benzene rings is 2. The fourth-order valence-electron chi connectivity index (χ4n) is 2.49. The second-order valence-electron chi connectivity index (χ2n) is 5.24. The maximum Gasteiger partial charge on any atom is 0.339 e. The molecule has 0 fully saturated rings. The molecule has 7 heteroatoms. The molecular weight excluding hydrogens is 334 g/mol. The lowest BCUT2D eigenvalue weighted by Crippen LogP contribution is -2.38. The Kier molecular flexibility index (Phi) is 4.22. The van der Waals surface area contributed by atoms with Crippen LogP contribution in [0.1, 0.15) is 26.3 Å². The van der Waals surface area contributed by atoms with Crippen molar-refractivity contribution in [1.29, 1.82) is 0 Å². The second-order valence-corrected chi connectivity index (χ2v) is 5.68. The van der Waals surface area contributed by atoms with Gasteiger partial charge in [0.05, 0.1) is 16.8 Å². The number of rotatable bonds is 3. The number of fused-ring (bicyclic) bond motifs is 1. The van der Waals surface area contributed by atoms with E-state index in [1.54, 1.807) is 24.3 Å². The van der Waals surface area contributed by atoms with Crippen molar-refractivity contribution in [3.63, 3.8) is 0 Å². The molecule has 1 amide bonds. The van der Waals surface area contributed by atoms with Gasteiger partial charge in [0.2, 0.25) is 0 Å². The quantitative estimate of drug-likeness (QED) is 0.834. The Morgan fingerprint density at radius 3 is 2.71 bits per heavy atom. The monoisotopic (exact) mass is 345 g/mol. The van der Waals surface area contributed by atoms with E-state index in [0.717, 1.165) is 0 Å². The van der Waals surface area contributed by atoms with E-state index in [4.69, 9.17) is 21.4 Å². The van der Waals surface area contributed by atoms with Crippen molar-refractivity contribution in [2.45, 2.75) is 12.5 Å². The van der Waals surface area contributed by atoms with Gasteiger partial charge >= 0.3 is 11.9 Å². The average Bonchev–Trinajstić information content (AvgIpc) is 2.55. The number of ether oxygens (including phenoxy) is 1. The highest BCUT2D eigenvalue weighted by molar-refractivity contribution is 6.31. The molecule has 1 aliphatic rings. The summed E-state index contributed by atoms with van der Waals surface area (Å²) in [6, 6.07) is 10.8. The van der Waals surface area contributed by atoms with Gasteiger partial charge in [-0.1, -0.05) is 29.8 Å². The minimum atomic E-state index is -1.16. The topological polar surface area (TPSA) is 92.7 Å². The largest absolute Gasteiger partial charge is 0.478 e. The van der Waals surface area contributed by atoms with Crippen molar-refractivity contribution in [1.82, 2.24) is 0 Å². The zero-order valence-electron chi connectivity index (χ0n) is 12.3. The summed E-state index contributed by atoms with van der Waals surface area (Å²) in [4.78, 5) is 35.6. The van der Waals surface area contributed by atoms with Crippen LogP contribution < -0.4 is 5.32 Å². The number of carboxylic acid groups (broad SMARTS) is 1. The summed E-state index contributed by atoms with van der Waals surface area (Å²) in [5.41, 5.74) is 1.09. The predicted molar refractivity (Wildman–Crippen MR) is 86.4 cm³/mol. The van der Waals surface area contributed by atoms with Crippen molar-refractivity contribution >= 4 is 35.1 Å². The average molecular weight is 346 g/mol. The van der Waals surface area contributed by atoms with Crippen LogP contribution in [-0.4, -0.2) is 29.1 Å². The third-order valence-electron chi connectivity index (χ3n) is 3.65. The Labute approximate surface area is 142 Å². The minimum absolute atomic E-state index is 0.0415. The molecule has 0 aliphatic carbocycles. The van der Waals surface area contributed by atoms with Gasteiger partial charge in [-0.05, 0) is 29.8 Å². The van der Waals surface area contributed by atoms with Gasteiger partial charge in [-0.15, -0.1) is 0 Å². The Bertz CT molecular complexity index is 849. The lowest BCUT2D eigenvalue weighted by Gasteiger charge is -2.24. The number of anilines is 1. The molecule has 3 rings (SSSR count). The zero-order valence-corrected chi connectivity index (χ0v) is 13.0. The number of cyclic esters (lactones) is 1. The summed E-state index contributed by atoms with van der Waals surface area (Å²) >= 11 is 5.85. The highest BCUT2D eigenvalue weighted by atomic mass is 35.5. The maximum absolute atomic E-state index is 12.4. The van der Waals surface area contributed by atoms with Crippen molar-refractivity contribution in [2.75, 3.05) is 5.32 Å². The SMILES string of the molecule is O=C1O[C@H](C(=O)Nc2ccccc2C(=O)O)Cc2ccc(Cl)cc21. The Morgan fingerprint density at radius 2 is 1.96 bits per heavy atom. The first-order chi connectivity index (χ1) is 11.5. The fraction of sp³-hybridized carbons (Fsp3) is 0.118. The van der Waals surface area contributed by atoms with Crippen molar-refractivity contribution in [3.8, 4) is 0 Å². The van der Waals surface area contributed by atoms with Crippen LogP contribution in [0.25, 0.3) is 0 Å². The van der Waals surface area contributed by atoms with E-state index in [-0.39, 0.29) is 17.7 Å². The summed E-state index contributed by atoms with van der Waals surface area (Å²) in [7, 11) is 0. The van der Waals surface area contributed by atoms with E-state index < -0.39 is 23.9 Å². The number of para-hydroxylation sites is 1. The van der Waals surface area contributed by atoms with E-state index in [0.29, 0.717) is 16.1 Å². The molecule has 0 saturated heterocycles. The zero-order chi connectivity index (χ0) is 17.3. The molecule has 0 aromatic heterocycles. The van der Waals surface area contributed by atoms with Gasteiger partial charge in [0, 0.05) is 11.4 Å². The molecule has 24 heavy (non-hydrogen) atoms. The van der Waals surface area contributed by atoms with Crippen LogP contribution in [0.4, 0.5) is 5.69 Å². The number of amides is 1. The Balaban J connectivity index is 1.81. The molecule has 0 saturated carbocycles. The van der Waals surface area contributed by atoms with Crippen LogP contribution in [0.2, 0.25) is 5.02 Å².